The zero-order chi connectivity index (χ0) is 15.6. The van der Waals surface area contributed by atoms with E-state index in [0.29, 0.717) is 11.5 Å². The van der Waals surface area contributed by atoms with E-state index in [2.05, 4.69) is 0 Å². The minimum absolute atomic E-state index is 0.0834. The van der Waals surface area contributed by atoms with Crippen molar-refractivity contribution in [3.05, 3.63) is 23.8 Å². The van der Waals surface area contributed by atoms with E-state index in [1.54, 1.807) is 11.4 Å². The van der Waals surface area contributed by atoms with Crippen LogP contribution in [-0.2, 0) is 4.74 Å². The number of hydrogen-bond donors (Lipinski definition) is 1. The number of ether oxygens (including phenoxy) is 3. The number of benzene rings is 1. The summed E-state index contributed by atoms with van der Waals surface area (Å²) in [6.07, 6.45) is -2.32. The Balaban J connectivity index is 2.01. The van der Waals surface area contributed by atoms with Gasteiger partial charge in [-0.1, -0.05) is 0 Å². The molecule has 0 saturated heterocycles. The van der Waals surface area contributed by atoms with E-state index in [1.807, 2.05) is 0 Å². The van der Waals surface area contributed by atoms with Gasteiger partial charge in [0.2, 0.25) is 12.6 Å². The van der Waals surface area contributed by atoms with Crippen LogP contribution >= 0.6 is 0 Å². The highest BCUT2D eigenvalue weighted by Gasteiger charge is 2.22. The minimum Gasteiger partial charge on any atom is -0.454 e. The smallest absolute Gasteiger partial charge is 0.407 e. The van der Waals surface area contributed by atoms with Gasteiger partial charge < -0.3 is 19.5 Å². The summed E-state index contributed by atoms with van der Waals surface area (Å²) >= 11 is 0. The van der Waals surface area contributed by atoms with Crippen LogP contribution in [0.1, 0.15) is 21.4 Å². The van der Waals surface area contributed by atoms with Gasteiger partial charge in [0.25, 0.3) is 0 Å². The fourth-order valence-electron chi connectivity index (χ4n) is 1.53. The molecule has 2 rings (SSSR count). The molecule has 0 unspecified atom stereocenters. The summed E-state index contributed by atoms with van der Waals surface area (Å²) in [6, 6.07) is 4.56. The molecule has 0 bridgehead atoms. The molecule has 1 heterocycles. The van der Waals surface area contributed by atoms with E-state index < -0.39 is 25.0 Å². The Morgan fingerprint density at radius 1 is 1.44 bits per heavy atom. The number of carbonyl (C=O) groups is 2. The predicted octanol–water partition coefficient (Wildman–Crippen LogP) is 1.34. The minimum atomic E-state index is -2.67. The second kappa shape index (κ2) is 4.95. The molecule has 1 aliphatic rings. The average molecular weight is 254 g/mol. The number of carbonyl (C=O) groups excluding carboxylic acids is 2. The zero-order valence-corrected chi connectivity index (χ0v) is 9.56. The number of ketones is 1. The quantitative estimate of drug-likeness (QED) is 0.824. The molecule has 0 aromatic heterocycles. The van der Waals surface area contributed by atoms with Crippen molar-refractivity contribution in [2.24, 2.45) is 0 Å². The van der Waals surface area contributed by atoms with Crippen molar-refractivity contribution in [2.45, 2.75) is 13.0 Å². The Morgan fingerprint density at radius 2 is 2.22 bits per heavy atom. The fourth-order valence-corrected chi connectivity index (χ4v) is 1.53. The third-order valence-electron chi connectivity index (χ3n) is 2.41. The van der Waals surface area contributed by atoms with Crippen molar-refractivity contribution in [1.82, 2.24) is 5.32 Å². The Labute approximate surface area is 108 Å². The van der Waals surface area contributed by atoms with Crippen LogP contribution in [0.5, 0.6) is 11.5 Å². The Kier molecular flexibility index (Phi) is 2.42. The largest absolute Gasteiger partial charge is 0.454 e. The van der Waals surface area contributed by atoms with Crippen molar-refractivity contribution in [1.29, 1.82) is 0 Å². The van der Waals surface area contributed by atoms with Crippen molar-refractivity contribution in [3.8, 4) is 11.5 Å². The Morgan fingerprint density at radius 3 is 3.00 bits per heavy atom. The number of rotatable bonds is 3. The van der Waals surface area contributed by atoms with Crippen LogP contribution in [0.15, 0.2) is 18.2 Å². The van der Waals surface area contributed by atoms with Gasteiger partial charge in [0.05, 0.1) is 0 Å². The van der Waals surface area contributed by atoms with E-state index in [1.165, 1.54) is 19.1 Å². The first-order valence-corrected chi connectivity index (χ1v) is 5.19. The molecular formula is C12H13NO5. The van der Waals surface area contributed by atoms with E-state index in [0.717, 1.165) is 0 Å². The summed E-state index contributed by atoms with van der Waals surface area (Å²) in [6.45, 7) is -1.23. The highest BCUT2D eigenvalue weighted by atomic mass is 16.7. The van der Waals surface area contributed by atoms with Gasteiger partial charge in [-0.05, 0) is 25.1 Å². The lowest BCUT2D eigenvalue weighted by atomic mass is 10.1. The first kappa shape index (κ1) is 8.79. The summed E-state index contributed by atoms with van der Waals surface area (Å²) < 4.78 is 35.6. The van der Waals surface area contributed by atoms with Crippen LogP contribution in [0.4, 0.5) is 4.79 Å². The van der Waals surface area contributed by atoms with Crippen LogP contribution in [0.25, 0.3) is 0 Å². The molecule has 96 valence electrons. The third-order valence-corrected chi connectivity index (χ3v) is 2.41. The number of alkyl carbamates (subject to hydrolysis) is 1. The van der Waals surface area contributed by atoms with Crippen LogP contribution in [0, 0.1) is 0 Å². The van der Waals surface area contributed by atoms with Crippen LogP contribution in [-0.4, -0.2) is 31.7 Å². The van der Waals surface area contributed by atoms with Gasteiger partial charge in [-0.15, -0.1) is 0 Å². The molecule has 1 aromatic rings. The van der Waals surface area contributed by atoms with Gasteiger partial charge in [-0.3, -0.25) is 4.79 Å². The number of nitrogens with one attached hydrogen (secondary N) is 1. The molecule has 0 radical (unpaired) electrons. The van der Waals surface area contributed by atoms with E-state index >= 15 is 0 Å². The molecule has 6 nitrogen and oxygen atoms in total. The maximum absolute atomic E-state index is 12.1. The van der Waals surface area contributed by atoms with Gasteiger partial charge in [0, 0.05) is 16.7 Å². The summed E-state index contributed by atoms with van der Waals surface area (Å²) in [4.78, 5) is 23.4. The SMILES string of the molecule is [2H]C([2H])([2H])NC(=O)O[C@H](C)C(=O)c1ccc2c(c1)OCO2. The number of hydrogen-bond acceptors (Lipinski definition) is 5. The van der Waals surface area contributed by atoms with Crippen molar-refractivity contribution < 1.29 is 27.9 Å². The Bertz CT molecular complexity index is 573. The van der Waals surface area contributed by atoms with Crippen molar-refractivity contribution >= 4 is 11.9 Å². The molecule has 1 atom stereocenters. The van der Waals surface area contributed by atoms with Crippen LogP contribution in [0.2, 0.25) is 0 Å². The maximum Gasteiger partial charge on any atom is 0.407 e. The third kappa shape index (κ3) is 2.37. The fraction of sp³-hybridized carbons (Fsp3) is 0.333. The molecule has 1 amide bonds. The highest BCUT2D eigenvalue weighted by molar-refractivity contribution is 6.00. The van der Waals surface area contributed by atoms with Gasteiger partial charge in [0.15, 0.2) is 17.6 Å². The average Bonchev–Trinajstić information content (AvgIpc) is 2.82. The topological polar surface area (TPSA) is 73.9 Å². The lowest BCUT2D eigenvalue weighted by molar-refractivity contribution is 0.0677. The van der Waals surface area contributed by atoms with Crippen molar-refractivity contribution in [3.63, 3.8) is 0 Å². The van der Waals surface area contributed by atoms with Gasteiger partial charge in [-0.25, -0.2) is 4.79 Å². The summed E-state index contributed by atoms with van der Waals surface area (Å²) in [7, 11) is 0. The molecule has 0 spiro atoms. The first-order chi connectivity index (χ1) is 9.76. The number of Topliss-reactive ketones (excluding diaryl/α,β-unsaturated/α-hetero) is 1. The van der Waals surface area contributed by atoms with E-state index in [-0.39, 0.29) is 12.4 Å². The molecule has 18 heavy (non-hydrogen) atoms. The standard InChI is InChI=1S/C12H13NO5/c1-7(18-12(15)13-2)11(14)8-3-4-9-10(5-8)17-6-16-9/h3-5,7H,6H2,1-2H3,(H,13,15)/t7-/m1/s1/i2D3. The second-order valence-corrected chi connectivity index (χ2v) is 3.60. The summed E-state index contributed by atoms with van der Waals surface area (Å²) in [5.41, 5.74) is 0.272. The molecule has 0 fully saturated rings. The summed E-state index contributed by atoms with van der Waals surface area (Å²) in [5.74, 6) is 0.481. The maximum atomic E-state index is 12.1. The molecule has 1 aromatic carbocycles. The molecule has 1 aliphatic heterocycles. The normalized spacial score (nSPS) is 17.1. The highest BCUT2D eigenvalue weighted by Crippen LogP contribution is 2.32. The van der Waals surface area contributed by atoms with Gasteiger partial charge in [0.1, 0.15) is 0 Å². The number of fused-ring (bicyclic) bond motifs is 1. The van der Waals surface area contributed by atoms with Crippen LogP contribution < -0.4 is 14.8 Å². The van der Waals surface area contributed by atoms with Gasteiger partial charge in [-0.2, -0.15) is 0 Å². The number of amides is 1. The Hall–Kier alpha value is -2.24. The lowest BCUT2D eigenvalue weighted by Gasteiger charge is -2.11. The molecule has 6 heteroatoms. The zero-order valence-electron chi connectivity index (χ0n) is 12.6. The predicted molar refractivity (Wildman–Crippen MR) is 61.9 cm³/mol. The van der Waals surface area contributed by atoms with Gasteiger partial charge >= 0.3 is 6.09 Å². The lowest BCUT2D eigenvalue weighted by Crippen LogP contribution is -2.29. The van der Waals surface area contributed by atoms with Crippen molar-refractivity contribution in [2.75, 3.05) is 13.8 Å². The van der Waals surface area contributed by atoms with Crippen LogP contribution in [0.3, 0.4) is 0 Å². The first-order valence-electron chi connectivity index (χ1n) is 6.69. The second-order valence-electron chi connectivity index (χ2n) is 3.60. The molecular weight excluding hydrogens is 238 g/mol. The molecule has 1 N–H and O–H groups in total. The summed E-state index contributed by atoms with van der Waals surface area (Å²) in [5, 5.41) is 1.64. The van der Waals surface area contributed by atoms with E-state index in [4.69, 9.17) is 18.3 Å². The monoisotopic (exact) mass is 254 g/mol. The molecule has 0 aliphatic carbocycles. The van der Waals surface area contributed by atoms with E-state index in [9.17, 15) is 9.59 Å². The molecule has 0 saturated carbocycles.